The average molecular weight is 596 g/mol. The average Bonchev–Trinajstić information content (AvgIpc) is 3.02. The molecule has 8 heteroatoms. The second-order valence-corrected chi connectivity index (χ2v) is 11.0. The van der Waals surface area contributed by atoms with Gasteiger partial charge in [-0.05, 0) is 78.4 Å². The third-order valence-electron chi connectivity index (χ3n) is 7.03. The zero-order chi connectivity index (χ0) is 30.2. The van der Waals surface area contributed by atoms with Gasteiger partial charge in [-0.25, -0.2) is 0 Å². The molecule has 0 saturated carbocycles. The summed E-state index contributed by atoms with van der Waals surface area (Å²) < 4.78 is 12.2. The number of pyridine rings is 1. The number of halogens is 1. The number of benzene rings is 4. The number of nitrogens with one attached hydrogen (secondary N) is 2. The lowest BCUT2D eigenvalue weighted by atomic mass is 10.0. The number of fused-ring (bicyclic) bond motifs is 1. The van der Waals surface area contributed by atoms with Crippen LogP contribution in [0.25, 0.3) is 21.9 Å². The van der Waals surface area contributed by atoms with E-state index < -0.39 is 5.72 Å². The third kappa shape index (κ3) is 7.90. The Morgan fingerprint density at radius 3 is 2.49 bits per heavy atom. The van der Waals surface area contributed by atoms with Crippen molar-refractivity contribution in [2.45, 2.75) is 32.8 Å². The third-order valence-corrected chi connectivity index (χ3v) is 7.28. The Bertz CT molecular complexity index is 1690. The molecule has 7 nitrogen and oxygen atoms in total. The summed E-state index contributed by atoms with van der Waals surface area (Å²) in [6.07, 6.45) is 1.71. The van der Waals surface area contributed by atoms with Crippen molar-refractivity contribution in [2.75, 3.05) is 13.1 Å². The highest BCUT2D eigenvalue weighted by Gasteiger charge is 2.19. The van der Waals surface area contributed by atoms with Crippen LogP contribution in [0, 0.1) is 0 Å². The standard InChI is InChI=1S/C35H34ClN3O4/c1-35(2,43-22-26-8-3-4-11-29(26)24-13-15-27(36)16-14-24)39-19-18-38-34(41)31-20-25-9-7-12-33(30(25)21-32(31)40)42-23-28-10-5-6-17-37-28/h3-17,20-21,39-40H,18-19,22-23H2,1-2H3,(H,38,41). The van der Waals surface area contributed by atoms with Crippen LogP contribution in [0.1, 0.15) is 35.5 Å². The van der Waals surface area contributed by atoms with Crippen LogP contribution in [0.2, 0.25) is 5.02 Å². The summed E-state index contributed by atoms with van der Waals surface area (Å²) in [5.41, 5.74) is 3.57. The first kappa shape index (κ1) is 30.0. The molecule has 0 atom stereocenters. The van der Waals surface area contributed by atoms with Crippen LogP contribution in [0.5, 0.6) is 11.5 Å². The van der Waals surface area contributed by atoms with Crippen molar-refractivity contribution in [3.63, 3.8) is 0 Å². The molecular formula is C35H34ClN3O4. The van der Waals surface area contributed by atoms with Gasteiger partial charge < -0.3 is 19.9 Å². The molecular weight excluding hydrogens is 562 g/mol. The first-order valence-electron chi connectivity index (χ1n) is 14.1. The van der Waals surface area contributed by atoms with Crippen LogP contribution in [-0.4, -0.2) is 34.8 Å². The van der Waals surface area contributed by atoms with Crippen LogP contribution in [-0.2, 0) is 18.0 Å². The minimum Gasteiger partial charge on any atom is -0.507 e. The van der Waals surface area contributed by atoms with Gasteiger partial charge in [0.15, 0.2) is 0 Å². The number of hydrogen-bond acceptors (Lipinski definition) is 6. The van der Waals surface area contributed by atoms with E-state index >= 15 is 0 Å². The molecule has 5 rings (SSSR count). The van der Waals surface area contributed by atoms with Crippen molar-refractivity contribution < 1.29 is 19.4 Å². The Labute approximate surface area is 256 Å². The van der Waals surface area contributed by atoms with Gasteiger partial charge in [0, 0.05) is 29.7 Å². The molecule has 220 valence electrons. The lowest BCUT2D eigenvalue weighted by Crippen LogP contribution is -2.45. The maximum Gasteiger partial charge on any atom is 0.255 e. The van der Waals surface area contributed by atoms with E-state index in [1.165, 1.54) is 0 Å². The second kappa shape index (κ2) is 13.7. The van der Waals surface area contributed by atoms with Crippen molar-refractivity contribution in [2.24, 2.45) is 0 Å². The quantitative estimate of drug-likeness (QED) is 0.105. The molecule has 1 aromatic heterocycles. The Balaban J connectivity index is 1.14. The number of rotatable bonds is 12. The fourth-order valence-electron chi connectivity index (χ4n) is 4.73. The normalized spacial score (nSPS) is 11.4. The Morgan fingerprint density at radius 1 is 0.907 bits per heavy atom. The van der Waals surface area contributed by atoms with E-state index in [0.717, 1.165) is 27.8 Å². The Morgan fingerprint density at radius 2 is 1.70 bits per heavy atom. The molecule has 43 heavy (non-hydrogen) atoms. The number of phenolic OH excluding ortho intramolecular Hbond substituents is 1. The summed E-state index contributed by atoms with van der Waals surface area (Å²) in [5, 5.41) is 19.1. The minimum atomic E-state index is -0.644. The van der Waals surface area contributed by atoms with E-state index in [1.807, 2.05) is 92.7 Å². The van der Waals surface area contributed by atoms with Crippen molar-refractivity contribution in [1.82, 2.24) is 15.6 Å². The van der Waals surface area contributed by atoms with Gasteiger partial charge in [-0.2, -0.15) is 0 Å². The SMILES string of the molecule is CC(C)(NCCNC(=O)c1cc2cccc(OCc3ccccn3)c2cc1O)OCc1ccccc1-c1ccc(Cl)cc1. The molecule has 0 aliphatic rings. The van der Waals surface area contributed by atoms with Crippen LogP contribution in [0.15, 0.2) is 103 Å². The highest BCUT2D eigenvalue weighted by Crippen LogP contribution is 2.32. The van der Waals surface area contributed by atoms with Gasteiger partial charge in [0.1, 0.15) is 23.8 Å². The molecule has 3 N–H and O–H groups in total. The number of amides is 1. The van der Waals surface area contributed by atoms with Gasteiger partial charge in [0.05, 0.1) is 17.9 Å². The number of phenols is 1. The van der Waals surface area contributed by atoms with Gasteiger partial charge in [-0.15, -0.1) is 0 Å². The Hall–Kier alpha value is -4.43. The molecule has 4 aromatic carbocycles. The number of carbonyl (C=O) groups excluding carboxylic acids is 1. The largest absolute Gasteiger partial charge is 0.507 e. The number of ether oxygens (including phenoxy) is 2. The van der Waals surface area contributed by atoms with E-state index in [-0.39, 0.29) is 17.2 Å². The molecule has 0 aliphatic carbocycles. The maximum absolute atomic E-state index is 13.0. The summed E-state index contributed by atoms with van der Waals surface area (Å²) in [6.45, 7) is 5.41. The monoisotopic (exact) mass is 595 g/mol. The van der Waals surface area contributed by atoms with Crippen LogP contribution < -0.4 is 15.4 Å². The smallest absolute Gasteiger partial charge is 0.255 e. The zero-order valence-corrected chi connectivity index (χ0v) is 24.9. The second-order valence-electron chi connectivity index (χ2n) is 10.6. The number of carbonyl (C=O) groups is 1. The highest BCUT2D eigenvalue weighted by atomic mass is 35.5. The Kier molecular flexibility index (Phi) is 9.57. The summed E-state index contributed by atoms with van der Waals surface area (Å²) in [5.74, 6) is 0.124. The number of aromatic nitrogens is 1. The molecule has 0 bridgehead atoms. The lowest BCUT2D eigenvalue weighted by Gasteiger charge is -2.27. The molecule has 0 spiro atoms. The lowest BCUT2D eigenvalue weighted by molar-refractivity contribution is -0.0531. The molecule has 0 radical (unpaired) electrons. The summed E-state index contributed by atoms with van der Waals surface area (Å²) in [6, 6.07) is 30.3. The molecule has 0 fully saturated rings. The van der Waals surface area contributed by atoms with Gasteiger partial charge in [0.2, 0.25) is 0 Å². The summed E-state index contributed by atoms with van der Waals surface area (Å²) in [4.78, 5) is 17.2. The zero-order valence-electron chi connectivity index (χ0n) is 24.1. The van der Waals surface area contributed by atoms with E-state index in [1.54, 1.807) is 18.3 Å². The van der Waals surface area contributed by atoms with E-state index in [0.29, 0.717) is 42.5 Å². The summed E-state index contributed by atoms with van der Waals surface area (Å²) in [7, 11) is 0. The molecule has 1 heterocycles. The van der Waals surface area contributed by atoms with E-state index in [4.69, 9.17) is 21.1 Å². The predicted octanol–water partition coefficient (Wildman–Crippen LogP) is 7.11. The van der Waals surface area contributed by atoms with Gasteiger partial charge in [-0.3, -0.25) is 15.1 Å². The first-order valence-corrected chi connectivity index (χ1v) is 14.5. The van der Waals surface area contributed by atoms with Crippen LogP contribution >= 0.6 is 11.6 Å². The van der Waals surface area contributed by atoms with Gasteiger partial charge >= 0.3 is 0 Å². The van der Waals surface area contributed by atoms with Crippen molar-refractivity contribution in [3.05, 3.63) is 125 Å². The van der Waals surface area contributed by atoms with Crippen LogP contribution in [0.3, 0.4) is 0 Å². The molecule has 0 saturated heterocycles. The molecule has 0 aliphatic heterocycles. The van der Waals surface area contributed by atoms with E-state index in [9.17, 15) is 9.90 Å². The first-order chi connectivity index (χ1) is 20.8. The van der Waals surface area contributed by atoms with Crippen LogP contribution in [0.4, 0.5) is 0 Å². The molecule has 1 amide bonds. The predicted molar refractivity (Wildman–Crippen MR) is 170 cm³/mol. The number of aromatic hydroxyl groups is 1. The summed E-state index contributed by atoms with van der Waals surface area (Å²) >= 11 is 6.06. The fourth-order valence-corrected chi connectivity index (χ4v) is 4.86. The fraction of sp³-hybridized carbons (Fsp3) is 0.200. The molecule has 0 unspecified atom stereocenters. The van der Waals surface area contributed by atoms with Gasteiger partial charge in [0.25, 0.3) is 5.91 Å². The van der Waals surface area contributed by atoms with Crippen molar-refractivity contribution >= 4 is 28.3 Å². The number of hydrogen-bond donors (Lipinski definition) is 3. The maximum atomic E-state index is 13.0. The molecule has 5 aromatic rings. The topological polar surface area (TPSA) is 92.7 Å². The minimum absolute atomic E-state index is 0.116. The van der Waals surface area contributed by atoms with Crippen molar-refractivity contribution in [3.8, 4) is 22.6 Å². The van der Waals surface area contributed by atoms with E-state index in [2.05, 4.69) is 21.7 Å². The van der Waals surface area contributed by atoms with Crippen molar-refractivity contribution in [1.29, 1.82) is 0 Å². The number of nitrogens with zero attached hydrogens (tertiary/aromatic N) is 1. The van der Waals surface area contributed by atoms with Gasteiger partial charge in [-0.1, -0.05) is 66.2 Å². The highest BCUT2D eigenvalue weighted by molar-refractivity contribution is 6.30.